The number of carbonyl (C=O) groups is 1. The van der Waals surface area contributed by atoms with Gasteiger partial charge in [-0.2, -0.15) is 0 Å². The molecule has 0 saturated heterocycles. The second-order valence-electron chi connectivity index (χ2n) is 5.45. The third-order valence-electron chi connectivity index (χ3n) is 3.78. The van der Waals surface area contributed by atoms with Gasteiger partial charge in [0, 0.05) is 12.3 Å². The molecule has 4 heteroatoms. The Labute approximate surface area is 131 Å². The Morgan fingerprint density at radius 1 is 1.23 bits per heavy atom. The first-order chi connectivity index (χ1) is 10.5. The number of aryl methyl sites for hydroxylation is 2. The van der Waals surface area contributed by atoms with Gasteiger partial charge in [0.2, 0.25) is 0 Å². The molecular weight excluding hydrogens is 276 g/mol. The van der Waals surface area contributed by atoms with Crippen molar-refractivity contribution in [2.24, 2.45) is 0 Å². The summed E-state index contributed by atoms with van der Waals surface area (Å²) in [6, 6.07) is 11.6. The minimum absolute atomic E-state index is 0.0487. The largest absolute Gasteiger partial charge is 0.396 e. The number of nitrogens with zero attached hydrogens (tertiary/aromatic N) is 1. The maximum Gasteiger partial charge on any atom is 0.253 e. The Balaban J connectivity index is 2.20. The Bertz CT molecular complexity index is 654. The Morgan fingerprint density at radius 2 is 1.91 bits per heavy atom. The van der Waals surface area contributed by atoms with Crippen LogP contribution in [0.4, 0.5) is 0 Å². The molecule has 2 aromatic rings. The number of aliphatic hydroxyl groups is 1. The van der Waals surface area contributed by atoms with Crippen molar-refractivity contribution in [3.05, 3.63) is 64.5 Å². The highest BCUT2D eigenvalue weighted by Crippen LogP contribution is 2.16. The van der Waals surface area contributed by atoms with Crippen LogP contribution in [0, 0.1) is 13.8 Å². The summed E-state index contributed by atoms with van der Waals surface area (Å²) in [4.78, 5) is 16.9. The fourth-order valence-corrected chi connectivity index (χ4v) is 2.47. The van der Waals surface area contributed by atoms with Crippen molar-refractivity contribution >= 4 is 5.91 Å². The van der Waals surface area contributed by atoms with Gasteiger partial charge in [0.25, 0.3) is 5.91 Å². The molecule has 1 heterocycles. The summed E-state index contributed by atoms with van der Waals surface area (Å²) in [6.45, 7) is 5.73. The van der Waals surface area contributed by atoms with Crippen LogP contribution in [-0.2, 0) is 6.42 Å². The summed E-state index contributed by atoms with van der Waals surface area (Å²) < 4.78 is 0. The van der Waals surface area contributed by atoms with Gasteiger partial charge < -0.3 is 10.4 Å². The quantitative estimate of drug-likeness (QED) is 0.892. The molecule has 4 nitrogen and oxygen atoms in total. The minimum Gasteiger partial charge on any atom is -0.396 e. The number of hydrogen-bond donors (Lipinski definition) is 2. The minimum atomic E-state index is -0.138. The average molecular weight is 298 g/mol. The Hall–Kier alpha value is -2.20. The number of rotatable bonds is 5. The molecule has 22 heavy (non-hydrogen) atoms. The molecule has 2 N–H and O–H groups in total. The first-order valence-electron chi connectivity index (χ1n) is 7.46. The molecule has 0 spiro atoms. The SMILES string of the molecule is Cc1nc(C)c(C(=O)N[C@@H](C)c2ccccc2)cc1CCO. The van der Waals surface area contributed by atoms with Crippen molar-refractivity contribution in [3.63, 3.8) is 0 Å². The summed E-state index contributed by atoms with van der Waals surface area (Å²) in [5, 5.41) is 12.1. The molecule has 0 aliphatic rings. The molecule has 0 radical (unpaired) electrons. The number of carbonyl (C=O) groups excluding carboxylic acids is 1. The third kappa shape index (κ3) is 3.71. The summed E-state index contributed by atoms with van der Waals surface area (Å²) in [7, 11) is 0. The summed E-state index contributed by atoms with van der Waals surface area (Å²) in [6.07, 6.45) is 0.508. The number of hydrogen-bond acceptors (Lipinski definition) is 3. The fourth-order valence-electron chi connectivity index (χ4n) is 2.47. The molecule has 0 fully saturated rings. The van der Waals surface area contributed by atoms with Crippen molar-refractivity contribution in [2.75, 3.05) is 6.61 Å². The highest BCUT2D eigenvalue weighted by Gasteiger charge is 2.16. The molecule has 0 saturated carbocycles. The van der Waals surface area contributed by atoms with Crippen molar-refractivity contribution < 1.29 is 9.90 Å². The van der Waals surface area contributed by atoms with E-state index in [1.165, 1.54) is 0 Å². The van der Waals surface area contributed by atoms with Crippen LogP contribution >= 0.6 is 0 Å². The van der Waals surface area contributed by atoms with Crippen LogP contribution in [0.2, 0.25) is 0 Å². The lowest BCUT2D eigenvalue weighted by Gasteiger charge is -2.16. The maximum absolute atomic E-state index is 12.5. The van der Waals surface area contributed by atoms with E-state index in [0.29, 0.717) is 17.7 Å². The topological polar surface area (TPSA) is 62.2 Å². The zero-order valence-corrected chi connectivity index (χ0v) is 13.3. The second kappa shape index (κ2) is 7.18. The molecule has 1 aromatic heterocycles. The van der Waals surface area contributed by atoms with Crippen molar-refractivity contribution in [1.82, 2.24) is 10.3 Å². The smallest absolute Gasteiger partial charge is 0.253 e. The summed E-state index contributed by atoms with van der Waals surface area (Å²) >= 11 is 0. The summed E-state index contributed by atoms with van der Waals surface area (Å²) in [5.74, 6) is -0.138. The Morgan fingerprint density at radius 3 is 2.55 bits per heavy atom. The number of pyridine rings is 1. The van der Waals surface area contributed by atoms with Gasteiger partial charge in [-0.25, -0.2) is 0 Å². The van der Waals surface area contributed by atoms with Crippen LogP contribution in [0.15, 0.2) is 36.4 Å². The number of benzene rings is 1. The average Bonchev–Trinajstić information content (AvgIpc) is 2.50. The first-order valence-corrected chi connectivity index (χ1v) is 7.46. The van der Waals surface area contributed by atoms with Crippen LogP contribution < -0.4 is 5.32 Å². The van der Waals surface area contributed by atoms with E-state index in [4.69, 9.17) is 5.11 Å². The fraction of sp³-hybridized carbons (Fsp3) is 0.333. The van der Waals surface area contributed by atoms with E-state index in [2.05, 4.69) is 10.3 Å². The van der Waals surface area contributed by atoms with E-state index in [1.54, 1.807) is 0 Å². The molecule has 0 bridgehead atoms. The number of amides is 1. The predicted octanol–water partition coefficient (Wildman–Crippen LogP) is 2.72. The Kier molecular flexibility index (Phi) is 5.28. The summed E-state index contributed by atoms with van der Waals surface area (Å²) in [5.41, 5.74) is 4.10. The number of nitrogens with one attached hydrogen (secondary N) is 1. The van der Waals surface area contributed by atoms with Gasteiger partial charge in [-0.15, -0.1) is 0 Å². The van der Waals surface area contributed by atoms with Crippen LogP contribution in [0.3, 0.4) is 0 Å². The van der Waals surface area contributed by atoms with Gasteiger partial charge >= 0.3 is 0 Å². The van der Waals surface area contributed by atoms with Crippen molar-refractivity contribution in [3.8, 4) is 0 Å². The van der Waals surface area contributed by atoms with Crippen LogP contribution in [0.1, 0.15) is 45.8 Å². The molecule has 1 aromatic carbocycles. The van der Waals surface area contributed by atoms with E-state index in [0.717, 1.165) is 16.8 Å². The molecule has 0 aliphatic carbocycles. The van der Waals surface area contributed by atoms with E-state index >= 15 is 0 Å². The van der Waals surface area contributed by atoms with Gasteiger partial charge in [0.1, 0.15) is 0 Å². The zero-order chi connectivity index (χ0) is 16.1. The normalized spacial score (nSPS) is 12.0. The maximum atomic E-state index is 12.5. The standard InChI is InChI=1S/C18H22N2O2/c1-12(15-7-5-4-6-8-15)20-18(22)17-11-16(9-10-21)13(2)19-14(17)3/h4-8,11-12,21H,9-10H2,1-3H3,(H,20,22)/t12-/m0/s1. The second-order valence-corrected chi connectivity index (χ2v) is 5.45. The number of aromatic nitrogens is 1. The van der Waals surface area contributed by atoms with Crippen LogP contribution in [0.25, 0.3) is 0 Å². The molecule has 0 unspecified atom stereocenters. The van der Waals surface area contributed by atoms with Gasteiger partial charge in [-0.3, -0.25) is 9.78 Å². The van der Waals surface area contributed by atoms with Crippen molar-refractivity contribution in [1.29, 1.82) is 0 Å². The van der Waals surface area contributed by atoms with Crippen LogP contribution in [0.5, 0.6) is 0 Å². The molecule has 116 valence electrons. The molecular formula is C18H22N2O2. The molecule has 1 atom stereocenters. The van der Waals surface area contributed by atoms with E-state index in [9.17, 15) is 4.79 Å². The van der Waals surface area contributed by atoms with Gasteiger partial charge in [-0.1, -0.05) is 30.3 Å². The lowest BCUT2D eigenvalue weighted by atomic mass is 10.0. The van der Waals surface area contributed by atoms with Gasteiger partial charge in [0.15, 0.2) is 0 Å². The molecule has 2 rings (SSSR count). The lowest BCUT2D eigenvalue weighted by Crippen LogP contribution is -2.27. The molecule has 0 aliphatic heterocycles. The van der Waals surface area contributed by atoms with E-state index < -0.39 is 0 Å². The van der Waals surface area contributed by atoms with Crippen molar-refractivity contribution in [2.45, 2.75) is 33.2 Å². The third-order valence-corrected chi connectivity index (χ3v) is 3.78. The van der Waals surface area contributed by atoms with Gasteiger partial charge in [0.05, 0.1) is 17.3 Å². The predicted molar refractivity (Wildman–Crippen MR) is 86.8 cm³/mol. The first kappa shape index (κ1) is 16.2. The zero-order valence-electron chi connectivity index (χ0n) is 13.3. The van der Waals surface area contributed by atoms with E-state index in [-0.39, 0.29) is 18.6 Å². The highest BCUT2D eigenvalue weighted by atomic mass is 16.3. The monoisotopic (exact) mass is 298 g/mol. The highest BCUT2D eigenvalue weighted by molar-refractivity contribution is 5.95. The van der Waals surface area contributed by atoms with Gasteiger partial charge in [-0.05, 0) is 44.4 Å². The number of aliphatic hydroxyl groups excluding tert-OH is 1. The lowest BCUT2D eigenvalue weighted by molar-refractivity contribution is 0.0938. The van der Waals surface area contributed by atoms with E-state index in [1.807, 2.05) is 57.2 Å². The van der Waals surface area contributed by atoms with Crippen LogP contribution in [-0.4, -0.2) is 22.6 Å². The molecule has 1 amide bonds.